The molecule has 0 spiro atoms. The van der Waals surface area contributed by atoms with Gasteiger partial charge in [-0.25, -0.2) is 5.01 Å². The van der Waals surface area contributed by atoms with Crippen LogP contribution < -0.4 is 15.8 Å². The van der Waals surface area contributed by atoms with Crippen LogP contribution in [-0.4, -0.2) is 48.1 Å². The van der Waals surface area contributed by atoms with Crippen molar-refractivity contribution in [2.24, 2.45) is 4.99 Å². The second-order valence-corrected chi connectivity index (χ2v) is 7.37. The van der Waals surface area contributed by atoms with Gasteiger partial charge in [0.05, 0.1) is 16.3 Å². The molecular weight excluding hydrogens is 418 g/mol. The van der Waals surface area contributed by atoms with Crippen molar-refractivity contribution in [1.82, 2.24) is 10.3 Å². The standard InChI is InChI=1S/C22H24ClN5O3/c1-4-27(5-2)22(31)17-11-8-15(12-18(17)23)25-21(30)20-24-13-19(29)28(26-20)16-9-6-14(3)7-10-16/h6-12H,4-5,13H2,1-3H3,(H,24,26)(H,25,30). The maximum atomic E-state index is 12.7. The van der Waals surface area contributed by atoms with Gasteiger partial charge < -0.3 is 10.2 Å². The molecule has 1 aliphatic heterocycles. The highest BCUT2D eigenvalue weighted by Gasteiger charge is 2.26. The van der Waals surface area contributed by atoms with Crippen LogP contribution in [0.3, 0.4) is 0 Å². The zero-order chi connectivity index (χ0) is 22.5. The van der Waals surface area contributed by atoms with Crippen molar-refractivity contribution < 1.29 is 14.4 Å². The molecule has 1 aliphatic rings. The van der Waals surface area contributed by atoms with E-state index in [0.717, 1.165) is 5.56 Å². The molecule has 0 aliphatic carbocycles. The molecule has 2 N–H and O–H groups in total. The maximum absolute atomic E-state index is 12.7. The summed E-state index contributed by atoms with van der Waals surface area (Å²) in [7, 11) is 0. The Morgan fingerprint density at radius 1 is 1.16 bits per heavy atom. The Morgan fingerprint density at radius 3 is 2.45 bits per heavy atom. The van der Waals surface area contributed by atoms with Gasteiger partial charge in [0.1, 0.15) is 6.54 Å². The third kappa shape index (κ3) is 5.03. The molecule has 3 rings (SSSR count). The van der Waals surface area contributed by atoms with Gasteiger partial charge in [-0.05, 0) is 51.1 Å². The highest BCUT2D eigenvalue weighted by Crippen LogP contribution is 2.23. The number of amides is 3. The van der Waals surface area contributed by atoms with E-state index in [2.05, 4.69) is 15.7 Å². The first kappa shape index (κ1) is 22.3. The van der Waals surface area contributed by atoms with Gasteiger partial charge in [-0.1, -0.05) is 29.3 Å². The highest BCUT2D eigenvalue weighted by molar-refractivity contribution is 6.43. The van der Waals surface area contributed by atoms with Gasteiger partial charge >= 0.3 is 0 Å². The number of aryl methyl sites for hydroxylation is 1. The Hall–Kier alpha value is -3.39. The van der Waals surface area contributed by atoms with Crippen LogP contribution in [0.5, 0.6) is 0 Å². The summed E-state index contributed by atoms with van der Waals surface area (Å²) in [4.78, 5) is 43.1. The number of rotatable bonds is 6. The molecule has 0 atom stereocenters. The normalized spacial score (nSPS) is 13.4. The number of carbonyl (C=O) groups excluding carboxylic acids is 3. The van der Waals surface area contributed by atoms with Crippen molar-refractivity contribution in [3.8, 4) is 0 Å². The topological polar surface area (TPSA) is 94.1 Å². The molecule has 0 unspecified atom stereocenters. The fraction of sp³-hybridized carbons (Fsp3) is 0.273. The predicted octanol–water partition coefficient (Wildman–Crippen LogP) is 3.02. The first-order valence-corrected chi connectivity index (χ1v) is 10.3. The summed E-state index contributed by atoms with van der Waals surface area (Å²) in [5.74, 6) is -0.968. The Labute approximate surface area is 185 Å². The number of hydrogen-bond donors (Lipinski definition) is 2. The molecule has 162 valence electrons. The molecule has 0 radical (unpaired) electrons. The Kier molecular flexibility index (Phi) is 6.91. The van der Waals surface area contributed by atoms with Gasteiger partial charge in [0, 0.05) is 18.8 Å². The number of aliphatic imine (C=N–C) groups is 1. The maximum Gasteiger partial charge on any atom is 0.292 e. The van der Waals surface area contributed by atoms with Crippen molar-refractivity contribution in [2.75, 3.05) is 30.0 Å². The van der Waals surface area contributed by atoms with E-state index in [1.54, 1.807) is 29.2 Å². The number of nitrogens with zero attached hydrogens (tertiary/aromatic N) is 3. The van der Waals surface area contributed by atoms with E-state index in [4.69, 9.17) is 11.6 Å². The largest absolute Gasteiger partial charge is 0.339 e. The van der Waals surface area contributed by atoms with Crippen LogP contribution in [0.1, 0.15) is 29.8 Å². The number of amidine groups is 1. The molecule has 3 amide bonds. The van der Waals surface area contributed by atoms with Gasteiger partial charge in [-0.15, -0.1) is 0 Å². The quantitative estimate of drug-likeness (QED) is 0.720. The first-order chi connectivity index (χ1) is 14.8. The third-order valence-corrected chi connectivity index (χ3v) is 5.17. The molecule has 2 aromatic rings. The van der Waals surface area contributed by atoms with Crippen molar-refractivity contribution >= 4 is 46.5 Å². The number of anilines is 2. The summed E-state index contributed by atoms with van der Waals surface area (Å²) in [5, 5.41) is 4.22. The minimum Gasteiger partial charge on any atom is -0.339 e. The second kappa shape index (κ2) is 9.61. The molecule has 0 bridgehead atoms. The lowest BCUT2D eigenvalue weighted by molar-refractivity contribution is -0.118. The molecule has 31 heavy (non-hydrogen) atoms. The van der Waals surface area contributed by atoms with Crippen LogP contribution in [-0.2, 0) is 9.59 Å². The monoisotopic (exact) mass is 441 g/mol. The Bertz CT molecular complexity index is 1030. The molecule has 2 aromatic carbocycles. The minimum atomic E-state index is -0.525. The van der Waals surface area contributed by atoms with E-state index in [1.807, 2.05) is 32.9 Å². The first-order valence-electron chi connectivity index (χ1n) is 9.95. The van der Waals surface area contributed by atoms with E-state index < -0.39 is 5.91 Å². The number of hydrazine groups is 1. The molecule has 1 heterocycles. The molecule has 0 saturated heterocycles. The average molecular weight is 442 g/mol. The summed E-state index contributed by atoms with van der Waals surface area (Å²) >= 11 is 6.29. The molecule has 0 aromatic heterocycles. The van der Waals surface area contributed by atoms with Crippen molar-refractivity contribution in [1.29, 1.82) is 0 Å². The van der Waals surface area contributed by atoms with Gasteiger partial charge in [-0.2, -0.15) is 0 Å². The number of halogens is 1. The van der Waals surface area contributed by atoms with Crippen molar-refractivity contribution in [2.45, 2.75) is 20.8 Å². The Balaban J connectivity index is 1.72. The molecule has 0 saturated carbocycles. The summed E-state index contributed by atoms with van der Waals surface area (Å²) in [5.41, 5.74) is 5.21. The number of nitrogens with one attached hydrogen (secondary N) is 2. The zero-order valence-corrected chi connectivity index (χ0v) is 18.4. The van der Waals surface area contributed by atoms with Crippen LogP contribution in [0.4, 0.5) is 11.4 Å². The second-order valence-electron chi connectivity index (χ2n) is 6.97. The van der Waals surface area contributed by atoms with E-state index in [9.17, 15) is 14.4 Å². The SMILES string of the molecule is CCN(CC)C(=O)c1ccc(NC(=O)C2=NCC(=O)N(c3ccc(C)cc3)N2)cc1Cl. The van der Waals surface area contributed by atoms with Crippen LogP contribution in [0.25, 0.3) is 0 Å². The van der Waals surface area contributed by atoms with Gasteiger partial charge in [0.15, 0.2) is 0 Å². The summed E-state index contributed by atoms with van der Waals surface area (Å²) in [6.07, 6.45) is 0. The van der Waals surface area contributed by atoms with Crippen LogP contribution in [0.15, 0.2) is 47.5 Å². The molecule has 8 nitrogen and oxygen atoms in total. The van der Waals surface area contributed by atoms with Gasteiger partial charge in [0.25, 0.3) is 17.7 Å². The lowest BCUT2D eigenvalue weighted by Crippen LogP contribution is -2.54. The Morgan fingerprint density at radius 2 is 1.84 bits per heavy atom. The summed E-state index contributed by atoms with van der Waals surface area (Å²) in [6.45, 7) is 6.74. The van der Waals surface area contributed by atoms with E-state index in [0.29, 0.717) is 30.0 Å². The summed E-state index contributed by atoms with van der Waals surface area (Å²) < 4.78 is 0. The third-order valence-electron chi connectivity index (χ3n) is 4.85. The number of hydrogen-bond acceptors (Lipinski definition) is 5. The van der Waals surface area contributed by atoms with E-state index >= 15 is 0 Å². The molecule has 0 fully saturated rings. The number of carbonyl (C=O) groups is 3. The average Bonchev–Trinajstić information content (AvgIpc) is 2.75. The predicted molar refractivity (Wildman–Crippen MR) is 121 cm³/mol. The smallest absolute Gasteiger partial charge is 0.292 e. The lowest BCUT2D eigenvalue weighted by atomic mass is 10.1. The van der Waals surface area contributed by atoms with E-state index in [-0.39, 0.29) is 29.2 Å². The van der Waals surface area contributed by atoms with Crippen LogP contribution in [0, 0.1) is 6.92 Å². The van der Waals surface area contributed by atoms with Gasteiger partial charge in [0.2, 0.25) is 5.84 Å². The molecule has 9 heteroatoms. The van der Waals surface area contributed by atoms with Gasteiger partial charge in [-0.3, -0.25) is 24.8 Å². The summed E-state index contributed by atoms with van der Waals surface area (Å²) in [6, 6.07) is 12.0. The lowest BCUT2D eigenvalue weighted by Gasteiger charge is -2.27. The van der Waals surface area contributed by atoms with E-state index in [1.165, 1.54) is 11.1 Å². The minimum absolute atomic E-state index is 0.000378. The van der Waals surface area contributed by atoms with Crippen LogP contribution in [0.2, 0.25) is 5.02 Å². The van der Waals surface area contributed by atoms with Crippen molar-refractivity contribution in [3.63, 3.8) is 0 Å². The highest BCUT2D eigenvalue weighted by atomic mass is 35.5. The fourth-order valence-corrected chi connectivity index (χ4v) is 3.35. The van der Waals surface area contributed by atoms with Crippen molar-refractivity contribution in [3.05, 3.63) is 58.6 Å². The molecular formula is C22H24ClN5O3. The van der Waals surface area contributed by atoms with Crippen LogP contribution >= 0.6 is 11.6 Å². The zero-order valence-electron chi connectivity index (χ0n) is 17.6. The fourth-order valence-electron chi connectivity index (χ4n) is 3.08. The number of benzene rings is 2.